The highest BCUT2D eigenvalue weighted by Crippen LogP contribution is 2.27. The first-order chi connectivity index (χ1) is 13.2. The Hall–Kier alpha value is -3.04. The summed E-state index contributed by atoms with van der Waals surface area (Å²) in [4.78, 5) is 16.5. The van der Waals surface area contributed by atoms with E-state index in [9.17, 15) is 4.79 Å². The van der Waals surface area contributed by atoms with Gasteiger partial charge in [0.05, 0.1) is 12.3 Å². The molecule has 0 fully saturated rings. The first kappa shape index (κ1) is 18.7. The molecule has 8 nitrogen and oxygen atoms in total. The van der Waals surface area contributed by atoms with Crippen molar-refractivity contribution in [3.05, 3.63) is 48.2 Å². The van der Waals surface area contributed by atoms with Crippen molar-refractivity contribution in [2.45, 2.75) is 6.92 Å². The minimum Gasteiger partial charge on any atom is -0.489 e. The van der Waals surface area contributed by atoms with Crippen molar-refractivity contribution in [3.63, 3.8) is 0 Å². The van der Waals surface area contributed by atoms with Crippen LogP contribution in [0.15, 0.2) is 42.6 Å². The quantitative estimate of drug-likeness (QED) is 0.603. The number of methoxy groups -OCH3 is 1. The molecule has 0 radical (unpaired) electrons. The molecule has 9 heteroatoms. The molecule has 1 aromatic carbocycles. The Bertz CT molecular complexity index is 901. The van der Waals surface area contributed by atoms with Crippen LogP contribution in [-0.2, 0) is 4.74 Å². The first-order valence-corrected chi connectivity index (χ1v) is 9.02. The van der Waals surface area contributed by atoms with Crippen molar-refractivity contribution >= 4 is 28.2 Å². The van der Waals surface area contributed by atoms with Crippen LogP contribution in [0.25, 0.3) is 10.7 Å². The summed E-state index contributed by atoms with van der Waals surface area (Å²) in [6.07, 6.45) is 1.68. The Morgan fingerprint density at radius 2 is 2.04 bits per heavy atom. The summed E-state index contributed by atoms with van der Waals surface area (Å²) in [7, 11) is 1.60. The van der Waals surface area contributed by atoms with Crippen LogP contribution in [0.5, 0.6) is 5.75 Å². The fraction of sp³-hybridized carbons (Fsp3) is 0.222. The molecule has 3 rings (SSSR count). The molecule has 0 saturated carbocycles. The molecule has 2 aromatic heterocycles. The number of nitrogens with zero attached hydrogens (tertiary/aromatic N) is 3. The Labute approximate surface area is 160 Å². The number of carbonyl (C=O) groups is 1. The van der Waals surface area contributed by atoms with E-state index in [2.05, 4.69) is 25.8 Å². The molecule has 0 saturated heterocycles. The average Bonchev–Trinajstić information content (AvgIpc) is 3.13. The van der Waals surface area contributed by atoms with Crippen molar-refractivity contribution in [1.29, 1.82) is 0 Å². The van der Waals surface area contributed by atoms with Gasteiger partial charge in [0.15, 0.2) is 5.01 Å². The standard InChI is InChI=1S/C18H19N5O3S/c1-12-6-7-13(15(11-12)26-10-9-25-2)20-17(24)21-18-23-22-16(27-18)14-5-3-4-8-19-14/h3-8,11H,9-10H2,1-2H3,(H2,20,21,23,24). The van der Waals surface area contributed by atoms with Gasteiger partial charge in [-0.1, -0.05) is 23.5 Å². The largest absolute Gasteiger partial charge is 0.489 e. The number of rotatable bonds is 7. The summed E-state index contributed by atoms with van der Waals surface area (Å²) in [6.45, 7) is 2.80. The number of aromatic nitrogens is 3. The number of urea groups is 1. The average molecular weight is 385 g/mol. The van der Waals surface area contributed by atoms with Crippen LogP contribution >= 0.6 is 11.3 Å². The molecule has 0 spiro atoms. The molecule has 140 valence electrons. The second kappa shape index (κ2) is 9.06. The Balaban J connectivity index is 1.65. The van der Waals surface area contributed by atoms with Gasteiger partial charge in [-0.3, -0.25) is 10.3 Å². The van der Waals surface area contributed by atoms with Crippen LogP contribution in [0.3, 0.4) is 0 Å². The predicted octanol–water partition coefficient (Wildman–Crippen LogP) is 3.58. The number of hydrogen-bond donors (Lipinski definition) is 2. The maximum atomic E-state index is 12.3. The number of anilines is 2. The van der Waals surface area contributed by atoms with E-state index in [1.165, 1.54) is 11.3 Å². The first-order valence-electron chi connectivity index (χ1n) is 8.21. The van der Waals surface area contributed by atoms with Crippen LogP contribution in [0.4, 0.5) is 15.6 Å². The van der Waals surface area contributed by atoms with Gasteiger partial charge >= 0.3 is 6.03 Å². The predicted molar refractivity (Wildman–Crippen MR) is 104 cm³/mol. The summed E-state index contributed by atoms with van der Waals surface area (Å²) < 4.78 is 10.7. The molecule has 0 unspecified atom stereocenters. The summed E-state index contributed by atoms with van der Waals surface area (Å²) in [5.41, 5.74) is 2.29. The highest BCUT2D eigenvalue weighted by atomic mass is 32.1. The van der Waals surface area contributed by atoms with Gasteiger partial charge in [0.25, 0.3) is 0 Å². The van der Waals surface area contributed by atoms with Crippen molar-refractivity contribution in [2.75, 3.05) is 31.0 Å². The Morgan fingerprint density at radius 3 is 2.81 bits per heavy atom. The van der Waals surface area contributed by atoms with E-state index in [0.717, 1.165) is 5.56 Å². The number of aryl methyl sites for hydroxylation is 1. The van der Waals surface area contributed by atoms with Crippen LogP contribution < -0.4 is 15.4 Å². The highest BCUT2D eigenvalue weighted by Gasteiger charge is 2.12. The Kier molecular flexibility index (Phi) is 6.29. The van der Waals surface area contributed by atoms with Crippen LogP contribution in [0, 0.1) is 6.92 Å². The lowest BCUT2D eigenvalue weighted by atomic mass is 10.2. The molecular weight excluding hydrogens is 366 g/mol. The molecule has 0 aliphatic rings. The lowest BCUT2D eigenvalue weighted by Gasteiger charge is -2.13. The van der Waals surface area contributed by atoms with E-state index >= 15 is 0 Å². The van der Waals surface area contributed by atoms with E-state index in [0.29, 0.717) is 40.5 Å². The van der Waals surface area contributed by atoms with Gasteiger partial charge in [-0.15, -0.1) is 10.2 Å². The lowest BCUT2D eigenvalue weighted by Crippen LogP contribution is -2.20. The number of nitrogens with one attached hydrogen (secondary N) is 2. The minimum absolute atomic E-state index is 0.377. The number of ether oxygens (including phenoxy) is 2. The Morgan fingerprint density at radius 1 is 1.15 bits per heavy atom. The zero-order valence-corrected chi connectivity index (χ0v) is 15.7. The van der Waals surface area contributed by atoms with E-state index in [4.69, 9.17) is 9.47 Å². The van der Waals surface area contributed by atoms with Crippen LogP contribution in [0.2, 0.25) is 0 Å². The number of hydrogen-bond acceptors (Lipinski definition) is 7. The van der Waals surface area contributed by atoms with Crippen molar-refractivity contribution in [1.82, 2.24) is 15.2 Å². The third-order valence-corrected chi connectivity index (χ3v) is 4.32. The van der Waals surface area contributed by atoms with E-state index in [-0.39, 0.29) is 0 Å². The minimum atomic E-state index is -0.431. The van der Waals surface area contributed by atoms with Gasteiger partial charge in [0, 0.05) is 13.3 Å². The second-order valence-electron chi connectivity index (χ2n) is 5.55. The normalized spacial score (nSPS) is 10.4. The number of carbonyl (C=O) groups excluding carboxylic acids is 1. The van der Waals surface area contributed by atoms with Gasteiger partial charge in [-0.25, -0.2) is 4.79 Å². The van der Waals surface area contributed by atoms with Gasteiger partial charge in [0.1, 0.15) is 18.1 Å². The van der Waals surface area contributed by atoms with Gasteiger partial charge in [0.2, 0.25) is 5.13 Å². The van der Waals surface area contributed by atoms with E-state index < -0.39 is 6.03 Å². The SMILES string of the molecule is COCCOc1cc(C)ccc1NC(=O)Nc1nnc(-c2ccccn2)s1. The lowest BCUT2D eigenvalue weighted by molar-refractivity contribution is 0.146. The topological polar surface area (TPSA) is 98.3 Å². The van der Waals surface area contributed by atoms with Crippen molar-refractivity contribution in [2.24, 2.45) is 0 Å². The fourth-order valence-corrected chi connectivity index (χ4v) is 2.92. The molecule has 27 heavy (non-hydrogen) atoms. The molecule has 0 aliphatic heterocycles. The smallest absolute Gasteiger partial charge is 0.325 e. The zero-order chi connectivity index (χ0) is 19.1. The maximum absolute atomic E-state index is 12.3. The second-order valence-corrected chi connectivity index (χ2v) is 6.52. The summed E-state index contributed by atoms with van der Waals surface area (Å²) in [6, 6.07) is 10.6. The van der Waals surface area contributed by atoms with Crippen LogP contribution in [-0.4, -0.2) is 41.5 Å². The summed E-state index contributed by atoms with van der Waals surface area (Å²) in [5, 5.41) is 14.5. The highest BCUT2D eigenvalue weighted by molar-refractivity contribution is 7.18. The van der Waals surface area contributed by atoms with Crippen molar-refractivity contribution in [3.8, 4) is 16.5 Å². The van der Waals surface area contributed by atoms with Crippen molar-refractivity contribution < 1.29 is 14.3 Å². The van der Waals surface area contributed by atoms with Crippen LogP contribution in [0.1, 0.15) is 5.56 Å². The number of pyridine rings is 1. The fourth-order valence-electron chi connectivity index (χ4n) is 2.20. The third kappa shape index (κ3) is 5.22. The molecule has 0 bridgehead atoms. The molecular formula is C18H19N5O3S. The van der Waals surface area contributed by atoms with Gasteiger partial charge in [-0.2, -0.15) is 0 Å². The summed E-state index contributed by atoms with van der Waals surface area (Å²) in [5.74, 6) is 0.577. The number of benzene rings is 1. The molecule has 2 heterocycles. The number of amides is 2. The zero-order valence-electron chi connectivity index (χ0n) is 14.9. The third-order valence-electron chi connectivity index (χ3n) is 3.46. The molecule has 2 amide bonds. The monoisotopic (exact) mass is 385 g/mol. The van der Waals surface area contributed by atoms with E-state index in [1.807, 2.05) is 37.3 Å². The van der Waals surface area contributed by atoms with E-state index in [1.54, 1.807) is 19.4 Å². The van der Waals surface area contributed by atoms with Gasteiger partial charge in [-0.05, 0) is 36.8 Å². The maximum Gasteiger partial charge on any atom is 0.325 e. The summed E-state index contributed by atoms with van der Waals surface area (Å²) >= 11 is 1.24. The molecule has 0 aliphatic carbocycles. The van der Waals surface area contributed by atoms with Gasteiger partial charge < -0.3 is 14.8 Å². The molecule has 0 atom stereocenters. The molecule has 2 N–H and O–H groups in total. The molecule has 3 aromatic rings.